The molecule has 1 spiro atoms. The summed E-state index contributed by atoms with van der Waals surface area (Å²) in [7, 11) is -0.568. The first kappa shape index (κ1) is 16.5. The molecule has 2 aliphatic rings. The zero-order valence-corrected chi connectivity index (χ0v) is 14.3. The molecule has 3 rings (SSSR count). The monoisotopic (exact) mass is 341 g/mol. The van der Waals surface area contributed by atoms with Crippen molar-refractivity contribution in [3.8, 4) is 11.5 Å². The molecule has 6 nitrogen and oxygen atoms in total. The number of ether oxygens (including phenoxy) is 3. The predicted octanol–water partition coefficient (Wildman–Crippen LogP) is 1.94. The van der Waals surface area contributed by atoms with Gasteiger partial charge in [0.2, 0.25) is 10.0 Å². The highest BCUT2D eigenvalue weighted by Crippen LogP contribution is 2.49. The summed E-state index contributed by atoms with van der Waals surface area (Å²) in [6.45, 7) is 1.43. The number of hydrogen-bond donors (Lipinski definition) is 1. The summed E-state index contributed by atoms with van der Waals surface area (Å²) in [4.78, 5) is 0.198. The molecule has 0 radical (unpaired) electrons. The van der Waals surface area contributed by atoms with Gasteiger partial charge >= 0.3 is 0 Å². The average Bonchev–Trinajstić information content (AvgIpc) is 2.59. The molecule has 1 unspecified atom stereocenters. The van der Waals surface area contributed by atoms with Crippen LogP contribution in [0.4, 0.5) is 0 Å². The summed E-state index contributed by atoms with van der Waals surface area (Å²) in [6.07, 6.45) is 3.79. The van der Waals surface area contributed by atoms with Crippen LogP contribution in [-0.2, 0) is 14.8 Å². The molecule has 1 saturated carbocycles. The van der Waals surface area contributed by atoms with E-state index in [-0.39, 0.29) is 16.4 Å². The van der Waals surface area contributed by atoms with Crippen LogP contribution in [0.2, 0.25) is 0 Å². The molecule has 1 aromatic carbocycles. The highest BCUT2D eigenvalue weighted by atomic mass is 32.2. The zero-order valence-electron chi connectivity index (χ0n) is 13.5. The lowest BCUT2D eigenvalue weighted by molar-refractivity contribution is -0.0483. The van der Waals surface area contributed by atoms with E-state index in [9.17, 15) is 8.42 Å². The van der Waals surface area contributed by atoms with Crippen LogP contribution in [0.1, 0.15) is 25.7 Å². The Morgan fingerprint density at radius 1 is 1.13 bits per heavy atom. The van der Waals surface area contributed by atoms with E-state index in [4.69, 9.17) is 14.2 Å². The second kappa shape index (κ2) is 6.30. The van der Waals surface area contributed by atoms with Crippen LogP contribution in [0.5, 0.6) is 11.5 Å². The number of nitrogens with one attached hydrogen (secondary N) is 1. The van der Waals surface area contributed by atoms with Crippen molar-refractivity contribution in [2.75, 3.05) is 27.4 Å². The van der Waals surface area contributed by atoms with E-state index >= 15 is 0 Å². The van der Waals surface area contributed by atoms with E-state index in [1.165, 1.54) is 20.3 Å². The highest BCUT2D eigenvalue weighted by Gasteiger charge is 2.48. The standard InChI is InChI=1S/C16H23NO5S/c1-20-13-4-3-12(11-14(13)21-2)23(18,19)17-15-5-6-16(15)7-9-22-10-8-16/h3-4,11,15,17H,5-10H2,1-2H3. The fourth-order valence-corrected chi connectivity index (χ4v) is 4.88. The topological polar surface area (TPSA) is 73.9 Å². The molecule has 2 fully saturated rings. The SMILES string of the molecule is COc1ccc(S(=O)(=O)NC2CCC23CCOCC3)cc1OC. The van der Waals surface area contributed by atoms with Crippen molar-refractivity contribution >= 4 is 10.0 Å². The van der Waals surface area contributed by atoms with Gasteiger partial charge in [-0.25, -0.2) is 13.1 Å². The van der Waals surface area contributed by atoms with Crippen molar-refractivity contribution in [3.63, 3.8) is 0 Å². The first-order chi connectivity index (χ1) is 11.0. The van der Waals surface area contributed by atoms with Crippen LogP contribution < -0.4 is 14.2 Å². The minimum absolute atomic E-state index is 0.00973. The minimum Gasteiger partial charge on any atom is -0.493 e. The summed E-state index contributed by atoms with van der Waals surface area (Å²) < 4.78 is 44.0. The van der Waals surface area contributed by atoms with E-state index in [0.29, 0.717) is 24.7 Å². The lowest BCUT2D eigenvalue weighted by Gasteiger charge is -2.51. The first-order valence-electron chi connectivity index (χ1n) is 7.83. The van der Waals surface area contributed by atoms with Gasteiger partial charge in [0, 0.05) is 25.3 Å². The zero-order chi connectivity index (χ0) is 16.5. The maximum absolute atomic E-state index is 12.7. The lowest BCUT2D eigenvalue weighted by Crippen LogP contribution is -2.57. The molecule has 1 aromatic rings. The van der Waals surface area contributed by atoms with Gasteiger partial charge < -0.3 is 14.2 Å². The minimum atomic E-state index is -3.58. The molecule has 0 amide bonds. The van der Waals surface area contributed by atoms with Gasteiger partial charge in [-0.3, -0.25) is 0 Å². The molecule has 23 heavy (non-hydrogen) atoms. The maximum atomic E-state index is 12.7. The first-order valence-corrected chi connectivity index (χ1v) is 9.31. The van der Waals surface area contributed by atoms with Gasteiger partial charge in [0.05, 0.1) is 19.1 Å². The molecular formula is C16H23NO5S. The number of sulfonamides is 1. The van der Waals surface area contributed by atoms with Crippen LogP contribution in [0.15, 0.2) is 23.1 Å². The number of methoxy groups -OCH3 is 2. The average molecular weight is 341 g/mol. The van der Waals surface area contributed by atoms with Crippen molar-refractivity contribution in [2.24, 2.45) is 5.41 Å². The van der Waals surface area contributed by atoms with Crippen LogP contribution in [0.25, 0.3) is 0 Å². The summed E-state index contributed by atoms with van der Waals surface area (Å²) in [5.74, 6) is 0.917. The quantitative estimate of drug-likeness (QED) is 0.886. The number of hydrogen-bond acceptors (Lipinski definition) is 5. The van der Waals surface area contributed by atoms with E-state index in [1.807, 2.05) is 0 Å². The molecule has 0 bridgehead atoms. The third kappa shape index (κ3) is 3.05. The Bertz CT molecular complexity index is 667. The molecule has 1 aliphatic heterocycles. The number of rotatable bonds is 5. The molecule has 0 aromatic heterocycles. The Balaban J connectivity index is 1.79. The summed E-state index contributed by atoms with van der Waals surface area (Å²) in [5, 5.41) is 0. The van der Waals surface area contributed by atoms with Gasteiger partial charge in [-0.1, -0.05) is 0 Å². The van der Waals surface area contributed by atoms with E-state index < -0.39 is 10.0 Å². The normalized spacial score (nSPS) is 23.3. The second-order valence-corrected chi connectivity index (χ2v) is 7.92. The lowest BCUT2D eigenvalue weighted by atomic mass is 9.60. The van der Waals surface area contributed by atoms with Gasteiger partial charge in [-0.05, 0) is 43.2 Å². The number of benzene rings is 1. The molecule has 1 heterocycles. The largest absolute Gasteiger partial charge is 0.493 e. The summed E-state index contributed by atoms with van der Waals surface area (Å²) in [5.41, 5.74) is 0.0713. The molecule has 1 aliphatic carbocycles. The van der Waals surface area contributed by atoms with Gasteiger partial charge in [0.1, 0.15) is 0 Å². The van der Waals surface area contributed by atoms with Gasteiger partial charge in [0.25, 0.3) is 0 Å². The summed E-state index contributed by atoms with van der Waals surface area (Å²) >= 11 is 0. The van der Waals surface area contributed by atoms with E-state index in [0.717, 1.165) is 25.7 Å². The Hall–Kier alpha value is -1.31. The molecule has 128 valence electrons. The third-order valence-electron chi connectivity index (χ3n) is 5.12. The fraction of sp³-hybridized carbons (Fsp3) is 0.625. The molecule has 1 N–H and O–H groups in total. The molecular weight excluding hydrogens is 318 g/mol. The Kier molecular flexibility index (Phi) is 4.53. The van der Waals surface area contributed by atoms with Crippen LogP contribution in [0.3, 0.4) is 0 Å². The Morgan fingerprint density at radius 3 is 2.39 bits per heavy atom. The smallest absolute Gasteiger partial charge is 0.240 e. The van der Waals surface area contributed by atoms with Gasteiger partial charge in [-0.2, -0.15) is 0 Å². The van der Waals surface area contributed by atoms with Crippen LogP contribution in [0, 0.1) is 5.41 Å². The predicted molar refractivity (Wildman–Crippen MR) is 85.4 cm³/mol. The second-order valence-electron chi connectivity index (χ2n) is 6.20. The van der Waals surface area contributed by atoms with Crippen molar-refractivity contribution in [2.45, 2.75) is 36.6 Å². The van der Waals surface area contributed by atoms with Gasteiger partial charge in [-0.15, -0.1) is 0 Å². The third-order valence-corrected chi connectivity index (χ3v) is 6.59. The molecule has 7 heteroatoms. The highest BCUT2D eigenvalue weighted by molar-refractivity contribution is 7.89. The van der Waals surface area contributed by atoms with Crippen LogP contribution in [-0.4, -0.2) is 41.9 Å². The van der Waals surface area contributed by atoms with Crippen LogP contribution >= 0.6 is 0 Å². The molecule has 1 atom stereocenters. The molecule has 1 saturated heterocycles. The van der Waals surface area contributed by atoms with E-state index in [1.54, 1.807) is 12.1 Å². The maximum Gasteiger partial charge on any atom is 0.240 e. The van der Waals surface area contributed by atoms with Crippen molar-refractivity contribution < 1.29 is 22.6 Å². The summed E-state index contributed by atoms with van der Waals surface area (Å²) in [6, 6.07) is 4.64. The fourth-order valence-electron chi connectivity index (χ4n) is 3.50. The Labute approximate surface area is 137 Å². The Morgan fingerprint density at radius 2 is 1.83 bits per heavy atom. The van der Waals surface area contributed by atoms with Crippen molar-refractivity contribution in [3.05, 3.63) is 18.2 Å². The van der Waals surface area contributed by atoms with Gasteiger partial charge in [0.15, 0.2) is 11.5 Å². The van der Waals surface area contributed by atoms with Crippen molar-refractivity contribution in [1.29, 1.82) is 0 Å². The van der Waals surface area contributed by atoms with E-state index in [2.05, 4.69) is 4.72 Å². The van der Waals surface area contributed by atoms with Crippen molar-refractivity contribution in [1.82, 2.24) is 4.72 Å².